The number of furan rings is 2. The van der Waals surface area contributed by atoms with Crippen molar-refractivity contribution in [2.45, 2.75) is 6.92 Å². The van der Waals surface area contributed by atoms with Gasteiger partial charge in [0, 0.05) is 54.3 Å². The molecule has 9 aromatic rings. The number of rotatable bonds is 6. The highest BCUT2D eigenvalue weighted by Crippen LogP contribution is 2.47. The largest absolute Gasteiger partial charge is 0.454 e. The second-order valence-electron chi connectivity index (χ2n) is 12.2. The molecule has 0 spiro atoms. The molecule has 49 heavy (non-hydrogen) atoms. The summed E-state index contributed by atoms with van der Waals surface area (Å²) in [7, 11) is 0. The van der Waals surface area contributed by atoms with Gasteiger partial charge >= 0.3 is 0 Å². The summed E-state index contributed by atoms with van der Waals surface area (Å²) in [5, 5.41) is 5.52. The van der Waals surface area contributed by atoms with Crippen molar-refractivity contribution in [2.24, 2.45) is 0 Å². The van der Waals surface area contributed by atoms with E-state index in [-0.39, 0.29) is 0 Å². The molecule has 236 valence electrons. The Morgan fingerprint density at radius 3 is 1.31 bits per heavy atom. The molecule has 2 heterocycles. The van der Waals surface area contributed by atoms with Gasteiger partial charge in [-0.05, 0) is 91.3 Å². The molecule has 7 aromatic carbocycles. The van der Waals surface area contributed by atoms with E-state index in [0.717, 1.165) is 83.6 Å². The third-order valence-electron chi connectivity index (χ3n) is 8.94. The molecule has 0 bridgehead atoms. The normalized spacial score (nSPS) is 11.6. The fourth-order valence-corrected chi connectivity index (χ4v) is 7.27. The first kappa shape index (κ1) is 29.5. The average molecular weight is 676 g/mol. The molecule has 4 nitrogen and oxygen atoms in total. The number of benzene rings is 7. The monoisotopic (exact) mass is 674 g/mol. The maximum absolute atomic E-state index is 6.64. The van der Waals surface area contributed by atoms with Crippen LogP contribution in [0.15, 0.2) is 160 Å². The van der Waals surface area contributed by atoms with Crippen molar-refractivity contribution >= 4 is 101 Å². The molecule has 0 radical (unpaired) electrons. The van der Waals surface area contributed by atoms with Crippen LogP contribution in [0.25, 0.3) is 43.9 Å². The number of fused-ring (bicyclic) bond motifs is 6. The summed E-state index contributed by atoms with van der Waals surface area (Å²) in [6.07, 6.45) is 0. The van der Waals surface area contributed by atoms with Gasteiger partial charge in [0.05, 0.1) is 11.4 Å². The highest BCUT2D eigenvalue weighted by Gasteiger charge is 2.24. The third-order valence-corrected chi connectivity index (χ3v) is 9.42. The van der Waals surface area contributed by atoms with Crippen LogP contribution in [0, 0.1) is 6.92 Å². The number of para-hydroxylation sites is 4. The van der Waals surface area contributed by atoms with Gasteiger partial charge in [0.1, 0.15) is 11.2 Å². The van der Waals surface area contributed by atoms with Crippen LogP contribution < -0.4 is 9.80 Å². The standard InChI is InChI=1S/C43H28Cl2N2O2/c1-27-22-32(46(30-12-6-10-28(44)24-30)38-18-8-16-36-34-14-2-4-20-40(34)48-42(36)38)26-33(23-27)47(31-13-7-11-29(45)25-31)39-19-9-17-37-35-15-3-5-21-41(35)49-43(37)39/h2-26H,1H3. The van der Waals surface area contributed by atoms with Gasteiger partial charge in [-0.15, -0.1) is 0 Å². The Labute approximate surface area is 292 Å². The fraction of sp³-hybridized carbons (Fsp3) is 0.0233. The molecular weight excluding hydrogens is 647 g/mol. The lowest BCUT2D eigenvalue weighted by Gasteiger charge is -2.30. The molecule has 9 rings (SSSR count). The Morgan fingerprint density at radius 1 is 0.408 bits per heavy atom. The van der Waals surface area contributed by atoms with Crippen LogP contribution in [-0.2, 0) is 0 Å². The molecule has 0 N–H and O–H groups in total. The van der Waals surface area contributed by atoms with Crippen LogP contribution in [0.5, 0.6) is 0 Å². The summed E-state index contributed by atoms with van der Waals surface area (Å²) in [4.78, 5) is 4.43. The van der Waals surface area contributed by atoms with Crippen LogP contribution in [0.1, 0.15) is 5.56 Å². The number of halogens is 2. The molecule has 0 atom stereocenters. The molecule has 0 saturated heterocycles. The van der Waals surface area contributed by atoms with E-state index in [4.69, 9.17) is 32.0 Å². The topological polar surface area (TPSA) is 32.8 Å². The molecule has 6 heteroatoms. The number of anilines is 6. The molecule has 0 aliphatic heterocycles. The zero-order valence-electron chi connectivity index (χ0n) is 26.4. The molecule has 0 saturated carbocycles. The van der Waals surface area contributed by atoms with Gasteiger partial charge < -0.3 is 18.6 Å². The van der Waals surface area contributed by atoms with Gasteiger partial charge in [-0.3, -0.25) is 0 Å². The Bertz CT molecular complexity index is 2510. The van der Waals surface area contributed by atoms with Crippen molar-refractivity contribution in [3.63, 3.8) is 0 Å². The van der Waals surface area contributed by atoms with E-state index in [1.165, 1.54) is 0 Å². The lowest BCUT2D eigenvalue weighted by Crippen LogP contribution is -2.14. The van der Waals surface area contributed by atoms with Crippen molar-refractivity contribution in [2.75, 3.05) is 9.80 Å². The predicted octanol–water partition coefficient (Wildman–Crippen LogP) is 14.0. The van der Waals surface area contributed by atoms with E-state index in [2.05, 4.69) is 95.6 Å². The van der Waals surface area contributed by atoms with Gasteiger partial charge in [0.25, 0.3) is 0 Å². The highest BCUT2D eigenvalue weighted by atomic mass is 35.5. The van der Waals surface area contributed by atoms with Crippen LogP contribution in [0.3, 0.4) is 0 Å². The maximum atomic E-state index is 6.64. The Kier molecular flexibility index (Phi) is 7.08. The first-order chi connectivity index (χ1) is 24.0. The smallest absolute Gasteiger partial charge is 0.159 e. The van der Waals surface area contributed by atoms with Crippen LogP contribution >= 0.6 is 23.2 Å². The van der Waals surface area contributed by atoms with Gasteiger partial charge in [-0.1, -0.05) is 96.0 Å². The second-order valence-corrected chi connectivity index (χ2v) is 13.0. The number of hydrogen-bond acceptors (Lipinski definition) is 4. The summed E-state index contributed by atoms with van der Waals surface area (Å²) >= 11 is 13.3. The van der Waals surface area contributed by atoms with Gasteiger partial charge in [0.2, 0.25) is 0 Å². The summed E-state index contributed by atoms with van der Waals surface area (Å²) in [5.74, 6) is 0. The molecule has 0 aliphatic rings. The van der Waals surface area contributed by atoms with E-state index >= 15 is 0 Å². The Balaban J connectivity index is 1.31. The molecule has 0 unspecified atom stereocenters. The quantitative estimate of drug-likeness (QED) is 0.176. The maximum Gasteiger partial charge on any atom is 0.159 e. The van der Waals surface area contributed by atoms with Gasteiger partial charge in [-0.25, -0.2) is 0 Å². The first-order valence-corrected chi connectivity index (χ1v) is 16.8. The first-order valence-electron chi connectivity index (χ1n) is 16.1. The summed E-state index contributed by atoms with van der Waals surface area (Å²) in [5.41, 5.74) is 9.84. The SMILES string of the molecule is Cc1cc(N(c2cccc(Cl)c2)c2cccc3c2oc2ccccc23)cc(N(c2cccc(Cl)c2)c2cccc3c2oc2ccccc23)c1. The van der Waals surface area contributed by atoms with Crippen molar-refractivity contribution < 1.29 is 8.83 Å². The highest BCUT2D eigenvalue weighted by molar-refractivity contribution is 6.31. The van der Waals surface area contributed by atoms with Crippen molar-refractivity contribution in [3.05, 3.63) is 167 Å². The average Bonchev–Trinajstić information content (AvgIpc) is 3.68. The van der Waals surface area contributed by atoms with Crippen LogP contribution in [0.4, 0.5) is 34.1 Å². The zero-order chi connectivity index (χ0) is 33.1. The minimum Gasteiger partial charge on any atom is -0.454 e. The van der Waals surface area contributed by atoms with Gasteiger partial charge in [-0.2, -0.15) is 0 Å². The zero-order valence-corrected chi connectivity index (χ0v) is 27.9. The summed E-state index contributed by atoms with van der Waals surface area (Å²) in [6, 6.07) is 51.2. The molecule has 0 amide bonds. The number of aryl methyl sites for hydroxylation is 1. The van der Waals surface area contributed by atoms with E-state index in [9.17, 15) is 0 Å². The summed E-state index contributed by atoms with van der Waals surface area (Å²) in [6.45, 7) is 2.11. The number of hydrogen-bond donors (Lipinski definition) is 0. The lowest BCUT2D eigenvalue weighted by molar-refractivity contribution is 0.669. The van der Waals surface area contributed by atoms with Crippen LogP contribution in [0.2, 0.25) is 10.0 Å². The van der Waals surface area contributed by atoms with E-state index in [0.29, 0.717) is 10.0 Å². The van der Waals surface area contributed by atoms with E-state index < -0.39 is 0 Å². The van der Waals surface area contributed by atoms with Crippen molar-refractivity contribution in [1.29, 1.82) is 0 Å². The number of nitrogens with zero attached hydrogens (tertiary/aromatic N) is 2. The molecule has 2 aromatic heterocycles. The van der Waals surface area contributed by atoms with Crippen LogP contribution in [-0.4, -0.2) is 0 Å². The van der Waals surface area contributed by atoms with Crippen molar-refractivity contribution in [1.82, 2.24) is 0 Å². The lowest BCUT2D eigenvalue weighted by atomic mass is 10.1. The molecule has 0 fully saturated rings. The van der Waals surface area contributed by atoms with Gasteiger partial charge in [0.15, 0.2) is 11.2 Å². The van der Waals surface area contributed by atoms with Crippen molar-refractivity contribution in [3.8, 4) is 0 Å². The third kappa shape index (κ3) is 5.08. The van der Waals surface area contributed by atoms with E-state index in [1.807, 2.05) is 72.8 Å². The predicted molar refractivity (Wildman–Crippen MR) is 205 cm³/mol. The summed E-state index contributed by atoms with van der Waals surface area (Å²) < 4.78 is 13.1. The molecule has 0 aliphatic carbocycles. The minimum atomic E-state index is 0.643. The van der Waals surface area contributed by atoms with E-state index in [1.54, 1.807) is 0 Å². The Hall–Kier alpha value is -5.68. The Morgan fingerprint density at radius 2 is 0.837 bits per heavy atom. The fourth-order valence-electron chi connectivity index (χ4n) is 6.90. The minimum absolute atomic E-state index is 0.643. The second kappa shape index (κ2) is 11.8. The molecular formula is C43H28Cl2N2O2.